The average Bonchev–Trinajstić information content (AvgIpc) is 2.56. The molecule has 6 nitrogen and oxygen atoms in total. The van der Waals surface area contributed by atoms with E-state index in [1.807, 2.05) is 49.1 Å². The SMILES string of the molecule is CCN(CC)c1nc(N)c(C(=O)OC)nc1-c1ccccc1. The van der Waals surface area contributed by atoms with Crippen molar-refractivity contribution in [2.75, 3.05) is 30.8 Å². The van der Waals surface area contributed by atoms with Gasteiger partial charge in [0.15, 0.2) is 17.3 Å². The summed E-state index contributed by atoms with van der Waals surface area (Å²) in [6, 6.07) is 9.60. The molecule has 0 fully saturated rings. The van der Waals surface area contributed by atoms with Gasteiger partial charge in [0.25, 0.3) is 0 Å². The standard InChI is InChI=1S/C16H20N4O2/c1-4-20(5-2)15-12(11-9-7-6-8-10-11)18-13(14(17)19-15)16(21)22-3/h6-10H,4-5H2,1-3H3,(H2,17,19). The summed E-state index contributed by atoms with van der Waals surface area (Å²) in [6.45, 7) is 5.60. The summed E-state index contributed by atoms with van der Waals surface area (Å²) in [7, 11) is 1.30. The molecule has 0 spiro atoms. The molecule has 0 saturated heterocycles. The quantitative estimate of drug-likeness (QED) is 0.854. The molecule has 0 radical (unpaired) electrons. The molecule has 1 heterocycles. The zero-order valence-corrected chi connectivity index (χ0v) is 13.0. The first-order valence-electron chi connectivity index (χ1n) is 7.18. The van der Waals surface area contributed by atoms with E-state index in [4.69, 9.17) is 10.5 Å². The Bertz CT molecular complexity index is 655. The van der Waals surface area contributed by atoms with Gasteiger partial charge in [-0.05, 0) is 13.8 Å². The van der Waals surface area contributed by atoms with Crippen LogP contribution >= 0.6 is 0 Å². The van der Waals surface area contributed by atoms with Gasteiger partial charge in [0, 0.05) is 18.7 Å². The molecule has 0 aliphatic carbocycles. The number of nitrogens with two attached hydrogens (primary N) is 1. The number of anilines is 2. The predicted molar refractivity (Wildman–Crippen MR) is 86.8 cm³/mol. The number of rotatable bonds is 5. The predicted octanol–water partition coefficient (Wildman–Crippen LogP) is 2.36. The zero-order chi connectivity index (χ0) is 16.1. The van der Waals surface area contributed by atoms with Gasteiger partial charge in [-0.15, -0.1) is 0 Å². The van der Waals surface area contributed by atoms with Gasteiger partial charge < -0.3 is 15.4 Å². The second-order valence-electron chi connectivity index (χ2n) is 4.66. The molecule has 2 N–H and O–H groups in total. The normalized spacial score (nSPS) is 10.3. The molecule has 0 saturated carbocycles. The second-order valence-corrected chi connectivity index (χ2v) is 4.66. The van der Waals surface area contributed by atoms with Crippen molar-refractivity contribution in [3.63, 3.8) is 0 Å². The molecule has 1 aromatic carbocycles. The largest absolute Gasteiger partial charge is 0.464 e. The first-order chi connectivity index (χ1) is 10.6. The van der Waals surface area contributed by atoms with Gasteiger partial charge in [0.05, 0.1) is 7.11 Å². The Morgan fingerprint density at radius 1 is 1.18 bits per heavy atom. The van der Waals surface area contributed by atoms with Gasteiger partial charge in [0.1, 0.15) is 5.69 Å². The van der Waals surface area contributed by atoms with Crippen molar-refractivity contribution < 1.29 is 9.53 Å². The number of nitrogens with zero attached hydrogens (tertiary/aromatic N) is 3. The molecule has 0 amide bonds. The van der Waals surface area contributed by atoms with E-state index in [1.165, 1.54) is 7.11 Å². The van der Waals surface area contributed by atoms with Crippen LogP contribution in [0, 0.1) is 0 Å². The fourth-order valence-corrected chi connectivity index (χ4v) is 2.22. The van der Waals surface area contributed by atoms with Gasteiger partial charge in [0.2, 0.25) is 0 Å². The third-order valence-corrected chi connectivity index (χ3v) is 3.39. The van der Waals surface area contributed by atoms with Crippen LogP contribution in [0.1, 0.15) is 24.3 Å². The van der Waals surface area contributed by atoms with Crippen LogP contribution in [0.2, 0.25) is 0 Å². The van der Waals surface area contributed by atoms with Crippen LogP contribution in [0.15, 0.2) is 30.3 Å². The van der Waals surface area contributed by atoms with Crippen LogP contribution in [0.25, 0.3) is 11.3 Å². The van der Waals surface area contributed by atoms with E-state index in [2.05, 4.69) is 9.97 Å². The molecule has 6 heteroatoms. The number of benzene rings is 1. The molecule has 0 atom stereocenters. The van der Waals surface area contributed by atoms with Crippen molar-refractivity contribution >= 4 is 17.6 Å². The lowest BCUT2D eigenvalue weighted by Crippen LogP contribution is -2.25. The molecular weight excluding hydrogens is 280 g/mol. The van der Waals surface area contributed by atoms with Crippen LogP contribution < -0.4 is 10.6 Å². The van der Waals surface area contributed by atoms with Gasteiger partial charge in [-0.1, -0.05) is 30.3 Å². The molecule has 2 aromatic rings. The number of methoxy groups -OCH3 is 1. The number of hydrogen-bond donors (Lipinski definition) is 1. The lowest BCUT2D eigenvalue weighted by atomic mass is 10.1. The number of nitrogen functional groups attached to an aromatic ring is 1. The van der Waals surface area contributed by atoms with Crippen LogP contribution in [-0.2, 0) is 4.74 Å². The minimum atomic E-state index is -0.590. The fourth-order valence-electron chi connectivity index (χ4n) is 2.22. The first-order valence-corrected chi connectivity index (χ1v) is 7.18. The third-order valence-electron chi connectivity index (χ3n) is 3.39. The molecule has 1 aromatic heterocycles. The minimum absolute atomic E-state index is 0.0391. The Hall–Kier alpha value is -2.63. The van der Waals surface area contributed by atoms with Crippen LogP contribution in [0.3, 0.4) is 0 Å². The van der Waals surface area contributed by atoms with Crippen molar-refractivity contribution in [2.24, 2.45) is 0 Å². The Labute approximate surface area is 129 Å². The summed E-state index contributed by atoms with van der Waals surface area (Å²) in [5.41, 5.74) is 7.43. The van der Waals surface area contributed by atoms with E-state index in [1.54, 1.807) is 0 Å². The van der Waals surface area contributed by atoms with E-state index in [0.29, 0.717) is 11.5 Å². The van der Waals surface area contributed by atoms with Crippen LogP contribution in [-0.4, -0.2) is 36.1 Å². The van der Waals surface area contributed by atoms with Gasteiger partial charge in [-0.25, -0.2) is 14.8 Å². The van der Waals surface area contributed by atoms with E-state index < -0.39 is 5.97 Å². The summed E-state index contributed by atoms with van der Waals surface area (Å²) < 4.78 is 4.73. The average molecular weight is 300 g/mol. The topological polar surface area (TPSA) is 81.3 Å². The summed E-state index contributed by atoms with van der Waals surface area (Å²) in [5.74, 6) is 0.156. The van der Waals surface area contributed by atoms with Crippen molar-refractivity contribution in [1.82, 2.24) is 9.97 Å². The number of carbonyl (C=O) groups is 1. The summed E-state index contributed by atoms with van der Waals surface area (Å²) >= 11 is 0. The molecule has 116 valence electrons. The van der Waals surface area contributed by atoms with E-state index in [-0.39, 0.29) is 11.5 Å². The lowest BCUT2D eigenvalue weighted by Gasteiger charge is -2.23. The van der Waals surface area contributed by atoms with Crippen molar-refractivity contribution in [2.45, 2.75) is 13.8 Å². The summed E-state index contributed by atoms with van der Waals surface area (Å²) in [5, 5.41) is 0. The highest BCUT2D eigenvalue weighted by molar-refractivity contribution is 5.93. The molecule has 0 bridgehead atoms. The van der Waals surface area contributed by atoms with Gasteiger partial charge in [-0.2, -0.15) is 0 Å². The van der Waals surface area contributed by atoms with Crippen LogP contribution in [0.5, 0.6) is 0 Å². The van der Waals surface area contributed by atoms with E-state index >= 15 is 0 Å². The van der Waals surface area contributed by atoms with Crippen molar-refractivity contribution in [1.29, 1.82) is 0 Å². The van der Waals surface area contributed by atoms with Gasteiger partial charge >= 0.3 is 5.97 Å². The van der Waals surface area contributed by atoms with Crippen molar-refractivity contribution in [3.8, 4) is 11.3 Å². The molecule has 0 aliphatic heterocycles. The number of carbonyl (C=O) groups excluding carboxylic acids is 1. The fraction of sp³-hybridized carbons (Fsp3) is 0.312. The smallest absolute Gasteiger partial charge is 0.360 e. The Morgan fingerprint density at radius 2 is 1.82 bits per heavy atom. The molecule has 0 aliphatic rings. The van der Waals surface area contributed by atoms with E-state index in [0.717, 1.165) is 18.7 Å². The number of esters is 1. The van der Waals surface area contributed by atoms with Crippen LogP contribution in [0.4, 0.5) is 11.6 Å². The molecular formula is C16H20N4O2. The third kappa shape index (κ3) is 3.00. The number of ether oxygens (including phenoxy) is 1. The van der Waals surface area contributed by atoms with E-state index in [9.17, 15) is 4.79 Å². The minimum Gasteiger partial charge on any atom is -0.464 e. The van der Waals surface area contributed by atoms with Gasteiger partial charge in [-0.3, -0.25) is 0 Å². The number of aromatic nitrogens is 2. The molecule has 22 heavy (non-hydrogen) atoms. The monoisotopic (exact) mass is 300 g/mol. The molecule has 2 rings (SSSR count). The van der Waals surface area contributed by atoms with Crippen molar-refractivity contribution in [3.05, 3.63) is 36.0 Å². The maximum absolute atomic E-state index is 11.8. The molecule has 0 unspecified atom stereocenters. The lowest BCUT2D eigenvalue weighted by molar-refractivity contribution is 0.0595. The second kappa shape index (κ2) is 6.89. The Morgan fingerprint density at radius 3 is 2.36 bits per heavy atom. The highest BCUT2D eigenvalue weighted by Crippen LogP contribution is 2.29. The highest BCUT2D eigenvalue weighted by Gasteiger charge is 2.21. The highest BCUT2D eigenvalue weighted by atomic mass is 16.5. The Balaban J connectivity index is 2.67. The summed E-state index contributed by atoms with van der Waals surface area (Å²) in [4.78, 5) is 22.7. The first kappa shape index (κ1) is 15.8. The Kier molecular flexibility index (Phi) is 4.93. The number of hydrogen-bond acceptors (Lipinski definition) is 6. The maximum Gasteiger partial charge on any atom is 0.360 e. The maximum atomic E-state index is 11.8. The summed E-state index contributed by atoms with van der Waals surface area (Å²) in [6.07, 6.45) is 0. The zero-order valence-electron chi connectivity index (χ0n) is 13.0.